The summed E-state index contributed by atoms with van der Waals surface area (Å²) in [4.78, 5) is 15.5. The van der Waals surface area contributed by atoms with Crippen molar-refractivity contribution in [3.63, 3.8) is 0 Å². The summed E-state index contributed by atoms with van der Waals surface area (Å²) in [5.41, 5.74) is 12.2. The Morgan fingerprint density at radius 2 is 1.43 bits per heavy atom. The predicted octanol–water partition coefficient (Wildman–Crippen LogP) is 9.16. The van der Waals surface area contributed by atoms with Crippen LogP contribution >= 0.6 is 0 Å². The molecule has 3 heterocycles. The lowest BCUT2D eigenvalue weighted by Crippen LogP contribution is -2.20. The fraction of sp³-hybridized carbons (Fsp3) is 0.167. The highest BCUT2D eigenvalue weighted by Gasteiger charge is 2.45. The lowest BCUT2D eigenvalue weighted by atomic mass is 9.77. The molecule has 6 aromatic rings. The molecule has 3 aliphatic carbocycles. The van der Waals surface area contributed by atoms with Gasteiger partial charge in [-0.15, -0.1) is 0 Å². The van der Waals surface area contributed by atoms with Gasteiger partial charge in [-0.25, -0.2) is 4.98 Å². The number of benzene rings is 4. The van der Waals surface area contributed by atoms with E-state index in [0.29, 0.717) is 17.6 Å². The van der Waals surface area contributed by atoms with E-state index in [9.17, 15) is 0 Å². The van der Waals surface area contributed by atoms with E-state index in [2.05, 4.69) is 103 Å². The van der Waals surface area contributed by atoms with Crippen molar-refractivity contribution in [3.8, 4) is 34.5 Å². The largest absolute Gasteiger partial charge is 0.485 e. The second-order valence-electron chi connectivity index (χ2n) is 13.5. The van der Waals surface area contributed by atoms with Crippen molar-refractivity contribution in [1.82, 2.24) is 19.5 Å². The van der Waals surface area contributed by atoms with Crippen LogP contribution in [-0.4, -0.2) is 25.6 Å². The molecule has 0 bridgehead atoms. The van der Waals surface area contributed by atoms with Gasteiger partial charge in [0, 0.05) is 39.0 Å². The van der Waals surface area contributed by atoms with Crippen LogP contribution in [0.1, 0.15) is 54.1 Å². The van der Waals surface area contributed by atoms with Gasteiger partial charge in [0.2, 0.25) is 5.95 Å². The van der Waals surface area contributed by atoms with Crippen molar-refractivity contribution >= 4 is 16.5 Å². The maximum absolute atomic E-state index is 6.52. The van der Waals surface area contributed by atoms with Crippen molar-refractivity contribution in [2.45, 2.75) is 44.1 Å². The van der Waals surface area contributed by atoms with Crippen LogP contribution in [0.5, 0.6) is 5.75 Å². The quantitative estimate of drug-likeness (QED) is 0.201. The van der Waals surface area contributed by atoms with Crippen LogP contribution in [0.25, 0.3) is 45.2 Å². The summed E-state index contributed by atoms with van der Waals surface area (Å²) in [6.07, 6.45) is 10.7. The number of rotatable bonds is 3. The first-order valence-corrected chi connectivity index (χ1v) is 16.5. The zero-order valence-corrected chi connectivity index (χ0v) is 26.3. The van der Waals surface area contributed by atoms with Crippen molar-refractivity contribution in [2.75, 3.05) is 0 Å². The van der Waals surface area contributed by atoms with Gasteiger partial charge in [0.15, 0.2) is 11.6 Å². The molecule has 0 radical (unpaired) electrons. The number of fused-ring (bicyclic) bond motifs is 9. The van der Waals surface area contributed by atoms with Crippen LogP contribution in [0.15, 0.2) is 127 Å². The topological polar surface area (TPSA) is 52.8 Å². The van der Waals surface area contributed by atoms with Crippen molar-refractivity contribution in [3.05, 3.63) is 155 Å². The number of para-hydroxylation sites is 1. The van der Waals surface area contributed by atoms with Crippen molar-refractivity contribution in [2.24, 2.45) is 0 Å². The second-order valence-corrected chi connectivity index (χ2v) is 13.5. The molecule has 2 atom stereocenters. The molecule has 2 aromatic heterocycles. The molecule has 5 nitrogen and oxygen atoms in total. The molecule has 0 saturated carbocycles. The highest BCUT2D eigenvalue weighted by molar-refractivity contribution is 6.00. The summed E-state index contributed by atoms with van der Waals surface area (Å²) in [6, 6.07) is 34.0. The van der Waals surface area contributed by atoms with Gasteiger partial charge < -0.3 is 4.74 Å². The molecule has 0 N–H and O–H groups in total. The molecule has 4 aromatic carbocycles. The second kappa shape index (κ2) is 9.73. The number of hydrogen-bond acceptors (Lipinski definition) is 4. The van der Waals surface area contributed by atoms with Crippen molar-refractivity contribution in [1.29, 1.82) is 0 Å². The average Bonchev–Trinajstić information content (AvgIpc) is 3.73. The zero-order valence-electron chi connectivity index (χ0n) is 26.3. The Morgan fingerprint density at radius 1 is 0.745 bits per heavy atom. The minimum Gasteiger partial charge on any atom is -0.485 e. The highest BCUT2D eigenvalue weighted by Crippen LogP contribution is 2.57. The number of ether oxygens (including phenoxy) is 1. The standard InChI is InChI=1S/C42H32N4O/c1-42(2)32-22-21-29-27-17-9-11-19-34(27)46(38(29)37(32)31-23-30-28-18-10-12-20-35(28)47-36(30)24-33(31)42)41-44-39(25-13-5-3-6-14-25)43-40(45-41)26-15-7-4-8-16-26/h3-20,23-24,28,35H,21-22H2,1-2H3/t28?,35-/m1/s1. The molecular weight excluding hydrogens is 576 g/mol. The zero-order chi connectivity index (χ0) is 31.3. The Labute approximate surface area is 273 Å². The molecule has 47 heavy (non-hydrogen) atoms. The lowest BCUT2D eigenvalue weighted by molar-refractivity contribution is 0.268. The molecule has 0 saturated heterocycles. The summed E-state index contributed by atoms with van der Waals surface area (Å²) < 4.78 is 8.84. The highest BCUT2D eigenvalue weighted by atomic mass is 16.5. The first-order chi connectivity index (χ1) is 23.1. The number of hydrogen-bond donors (Lipinski definition) is 0. The summed E-state index contributed by atoms with van der Waals surface area (Å²) >= 11 is 0. The molecule has 0 fully saturated rings. The van der Waals surface area contributed by atoms with E-state index in [1.807, 2.05) is 36.4 Å². The minimum absolute atomic E-state index is 0.0560. The third kappa shape index (κ3) is 3.80. The van der Waals surface area contributed by atoms with Crippen LogP contribution in [0.2, 0.25) is 0 Å². The van der Waals surface area contributed by atoms with E-state index in [4.69, 9.17) is 19.7 Å². The summed E-state index contributed by atoms with van der Waals surface area (Å²) in [5, 5.41) is 1.26. The van der Waals surface area contributed by atoms with Gasteiger partial charge in [0.05, 0.1) is 11.2 Å². The molecule has 4 aliphatic rings. The molecule has 1 aliphatic heterocycles. The maximum Gasteiger partial charge on any atom is 0.238 e. The van der Waals surface area contributed by atoms with Gasteiger partial charge in [-0.1, -0.05) is 111 Å². The van der Waals surface area contributed by atoms with Crippen LogP contribution in [0.3, 0.4) is 0 Å². The first kappa shape index (κ1) is 26.6. The Morgan fingerprint density at radius 3 is 2.17 bits per heavy atom. The molecular formula is C42H32N4O. The monoisotopic (exact) mass is 608 g/mol. The van der Waals surface area contributed by atoms with Crippen LogP contribution in [-0.2, 0) is 11.8 Å². The predicted molar refractivity (Wildman–Crippen MR) is 187 cm³/mol. The Balaban J connectivity index is 1.26. The number of nitrogens with zero attached hydrogens (tertiary/aromatic N) is 4. The van der Waals surface area contributed by atoms with E-state index in [1.54, 1.807) is 0 Å². The van der Waals surface area contributed by atoms with Crippen LogP contribution in [0, 0.1) is 0 Å². The molecule has 0 spiro atoms. The van der Waals surface area contributed by atoms with Gasteiger partial charge in [-0.2, -0.15) is 9.97 Å². The minimum atomic E-state index is -0.134. The normalized spacial score (nSPS) is 19.6. The Bertz CT molecular complexity index is 2300. The van der Waals surface area contributed by atoms with Gasteiger partial charge in [0.1, 0.15) is 11.9 Å². The van der Waals surface area contributed by atoms with E-state index in [1.165, 1.54) is 44.5 Å². The molecule has 0 amide bonds. The molecule has 1 unspecified atom stereocenters. The SMILES string of the molecule is CC1(C)C2=C(c3cc4c(cc31)O[C@@H]1C=CC=CC41)c1c(c3ccccc3n1-c1nc(-c3ccccc3)nc(-c3ccccc3)n1)CC2. The summed E-state index contributed by atoms with van der Waals surface area (Å²) in [5.74, 6) is 3.21. The fourth-order valence-corrected chi connectivity index (χ4v) is 8.33. The van der Waals surface area contributed by atoms with Crippen LogP contribution < -0.4 is 4.74 Å². The van der Waals surface area contributed by atoms with E-state index in [-0.39, 0.29) is 17.4 Å². The van der Waals surface area contributed by atoms with Gasteiger partial charge in [-0.3, -0.25) is 4.57 Å². The Kier molecular flexibility index (Phi) is 5.51. The summed E-state index contributed by atoms with van der Waals surface area (Å²) in [6.45, 7) is 4.76. The average molecular weight is 609 g/mol. The third-order valence-electron chi connectivity index (χ3n) is 10.6. The third-order valence-corrected chi connectivity index (χ3v) is 10.6. The van der Waals surface area contributed by atoms with E-state index >= 15 is 0 Å². The Hall–Kier alpha value is -5.55. The van der Waals surface area contributed by atoms with E-state index < -0.39 is 0 Å². The molecule has 10 rings (SSSR count). The molecule has 226 valence electrons. The van der Waals surface area contributed by atoms with Gasteiger partial charge in [-0.05, 0) is 59.4 Å². The smallest absolute Gasteiger partial charge is 0.238 e. The number of aromatic nitrogens is 4. The van der Waals surface area contributed by atoms with Crippen molar-refractivity contribution < 1.29 is 4.74 Å². The first-order valence-electron chi connectivity index (χ1n) is 16.5. The molecule has 5 heteroatoms. The van der Waals surface area contributed by atoms with Gasteiger partial charge >= 0.3 is 0 Å². The van der Waals surface area contributed by atoms with E-state index in [0.717, 1.165) is 35.2 Å². The number of allylic oxidation sites excluding steroid dienone is 3. The summed E-state index contributed by atoms with van der Waals surface area (Å²) in [7, 11) is 0. The fourth-order valence-electron chi connectivity index (χ4n) is 8.33. The van der Waals surface area contributed by atoms with Crippen LogP contribution in [0.4, 0.5) is 0 Å². The van der Waals surface area contributed by atoms with Gasteiger partial charge in [0.25, 0.3) is 0 Å². The number of aryl methyl sites for hydroxylation is 1. The lowest BCUT2D eigenvalue weighted by Gasteiger charge is -2.27. The maximum atomic E-state index is 6.52.